The minimum absolute atomic E-state index is 0.0406. The van der Waals surface area contributed by atoms with Gasteiger partial charge in [0.2, 0.25) is 5.82 Å². The Labute approximate surface area is 167 Å². The van der Waals surface area contributed by atoms with Crippen molar-refractivity contribution in [1.29, 1.82) is 0 Å². The zero-order valence-corrected chi connectivity index (χ0v) is 16.2. The second-order valence-corrected chi connectivity index (χ2v) is 6.81. The highest BCUT2D eigenvalue weighted by atomic mass is 79.9. The first kappa shape index (κ1) is 19.5. The van der Waals surface area contributed by atoms with Gasteiger partial charge >= 0.3 is 5.91 Å². The summed E-state index contributed by atoms with van der Waals surface area (Å²) in [6.07, 6.45) is 2.16. The largest absolute Gasteiger partial charge is 0.506 e. The fraction of sp³-hybridized carbons (Fsp3) is 0.250. The first-order valence-electron chi connectivity index (χ1n) is 7.82. The molecule has 2 N–H and O–H groups in total. The molecule has 0 unspecified atom stereocenters. The fourth-order valence-corrected chi connectivity index (χ4v) is 3.19. The van der Waals surface area contributed by atoms with Crippen LogP contribution in [0.1, 0.15) is 16.2 Å². The van der Waals surface area contributed by atoms with Gasteiger partial charge in [-0.05, 0) is 12.1 Å². The summed E-state index contributed by atoms with van der Waals surface area (Å²) in [4.78, 5) is 21.6. The van der Waals surface area contributed by atoms with E-state index in [0.717, 1.165) is 6.20 Å². The molecule has 2 heterocycles. The van der Waals surface area contributed by atoms with Gasteiger partial charge in [0.05, 0.1) is 30.6 Å². The molecule has 0 atom stereocenters. The molecule has 1 aliphatic heterocycles. The van der Waals surface area contributed by atoms with Crippen LogP contribution < -0.4 is 10.3 Å². The third-order valence-corrected chi connectivity index (χ3v) is 4.41. The van der Waals surface area contributed by atoms with Crippen LogP contribution in [0.2, 0.25) is 5.02 Å². The number of morpholine rings is 1. The first-order chi connectivity index (χ1) is 13.0. The van der Waals surface area contributed by atoms with Crippen molar-refractivity contribution in [1.82, 2.24) is 15.4 Å². The maximum Gasteiger partial charge on any atom is 0.309 e. The maximum atomic E-state index is 14.0. The van der Waals surface area contributed by atoms with E-state index in [1.54, 1.807) is 11.0 Å². The van der Waals surface area contributed by atoms with Crippen LogP contribution >= 0.6 is 27.5 Å². The zero-order valence-electron chi connectivity index (χ0n) is 13.8. The molecule has 142 valence electrons. The van der Waals surface area contributed by atoms with Gasteiger partial charge in [-0.1, -0.05) is 27.5 Å². The monoisotopic (exact) mass is 457 g/mol. The lowest BCUT2D eigenvalue weighted by atomic mass is 10.2. The van der Waals surface area contributed by atoms with Crippen LogP contribution in [0.4, 0.5) is 10.2 Å². The molecule has 1 fully saturated rings. The fourth-order valence-electron chi connectivity index (χ4n) is 2.36. The summed E-state index contributed by atoms with van der Waals surface area (Å²) in [5.41, 5.74) is 2.53. The molecule has 3 rings (SSSR count). The standard InChI is InChI=1S/C16H14BrClFN5O3/c17-10-5-9(13(25)11(18)6-10)7-21-23-16(26)14-20-8-12(19)15(22-14)24-1-3-27-4-2-24/h5-8,25H,1-4H2,(H,23,26). The number of aromatic nitrogens is 2. The molecule has 27 heavy (non-hydrogen) atoms. The molecule has 0 saturated carbocycles. The second-order valence-electron chi connectivity index (χ2n) is 5.49. The smallest absolute Gasteiger partial charge is 0.309 e. The Hall–Kier alpha value is -2.30. The zero-order chi connectivity index (χ0) is 19.4. The summed E-state index contributed by atoms with van der Waals surface area (Å²) in [5.74, 6) is -1.71. The number of amides is 1. The van der Waals surface area contributed by atoms with Crippen LogP contribution in [0, 0.1) is 5.82 Å². The predicted molar refractivity (Wildman–Crippen MR) is 101 cm³/mol. The molecule has 1 amide bonds. The topological polar surface area (TPSA) is 99.9 Å². The predicted octanol–water partition coefficient (Wildman–Crippen LogP) is 2.34. The molecule has 1 aromatic heterocycles. The molecule has 1 aliphatic rings. The van der Waals surface area contributed by atoms with Crippen molar-refractivity contribution >= 4 is 45.5 Å². The summed E-state index contributed by atoms with van der Waals surface area (Å²) >= 11 is 9.11. The van der Waals surface area contributed by atoms with E-state index in [2.05, 4.69) is 36.4 Å². The van der Waals surface area contributed by atoms with Gasteiger partial charge in [0.25, 0.3) is 0 Å². The molecule has 8 nitrogen and oxygen atoms in total. The highest BCUT2D eigenvalue weighted by Crippen LogP contribution is 2.30. The number of benzene rings is 1. The van der Waals surface area contributed by atoms with E-state index in [-0.39, 0.29) is 22.4 Å². The minimum atomic E-state index is -0.721. The van der Waals surface area contributed by atoms with E-state index in [9.17, 15) is 14.3 Å². The second kappa shape index (κ2) is 8.59. The molecule has 1 aromatic carbocycles. The number of rotatable bonds is 4. The Morgan fingerprint density at radius 1 is 1.44 bits per heavy atom. The lowest BCUT2D eigenvalue weighted by Crippen LogP contribution is -2.38. The van der Waals surface area contributed by atoms with E-state index in [4.69, 9.17) is 16.3 Å². The van der Waals surface area contributed by atoms with Crippen molar-refractivity contribution < 1.29 is 19.0 Å². The average Bonchev–Trinajstić information content (AvgIpc) is 2.66. The molecule has 0 aliphatic carbocycles. The summed E-state index contributed by atoms with van der Waals surface area (Å²) in [7, 11) is 0. The number of phenolic OH excluding ortho intramolecular Hbond substituents is 1. The van der Waals surface area contributed by atoms with Gasteiger partial charge < -0.3 is 14.7 Å². The summed E-state index contributed by atoms with van der Waals surface area (Å²) in [5, 5.41) is 13.8. The summed E-state index contributed by atoms with van der Waals surface area (Å²) < 4.78 is 19.9. The van der Waals surface area contributed by atoms with Crippen LogP contribution in [0.3, 0.4) is 0 Å². The van der Waals surface area contributed by atoms with Crippen molar-refractivity contribution in [3.63, 3.8) is 0 Å². The Balaban J connectivity index is 1.73. The summed E-state index contributed by atoms with van der Waals surface area (Å²) in [6.45, 7) is 1.84. The number of carbonyl (C=O) groups is 1. The molecular formula is C16H14BrClFN5O3. The number of aromatic hydroxyl groups is 1. The Morgan fingerprint density at radius 2 is 2.19 bits per heavy atom. The van der Waals surface area contributed by atoms with Crippen molar-refractivity contribution in [2.45, 2.75) is 0 Å². The molecule has 0 spiro atoms. The SMILES string of the molecule is O=C(NN=Cc1cc(Br)cc(Cl)c1O)c1ncc(F)c(N2CCOCC2)n1. The van der Waals surface area contributed by atoms with E-state index < -0.39 is 11.7 Å². The Bertz CT molecular complexity index is 893. The van der Waals surface area contributed by atoms with Crippen LogP contribution in [-0.4, -0.2) is 53.5 Å². The van der Waals surface area contributed by atoms with Gasteiger partial charge in [0.1, 0.15) is 5.75 Å². The molecule has 0 radical (unpaired) electrons. The third kappa shape index (κ3) is 4.71. The number of anilines is 1. The number of carbonyl (C=O) groups excluding carboxylic acids is 1. The number of ether oxygens (including phenoxy) is 1. The van der Waals surface area contributed by atoms with E-state index in [0.29, 0.717) is 36.3 Å². The minimum Gasteiger partial charge on any atom is -0.506 e. The molecule has 1 saturated heterocycles. The van der Waals surface area contributed by atoms with Gasteiger partial charge in [-0.15, -0.1) is 0 Å². The number of hydrogen-bond acceptors (Lipinski definition) is 7. The van der Waals surface area contributed by atoms with Crippen molar-refractivity contribution in [2.75, 3.05) is 31.2 Å². The molecule has 11 heteroatoms. The van der Waals surface area contributed by atoms with Gasteiger partial charge in [-0.3, -0.25) is 4.79 Å². The van der Waals surface area contributed by atoms with Crippen LogP contribution in [0.15, 0.2) is 27.9 Å². The van der Waals surface area contributed by atoms with E-state index >= 15 is 0 Å². The number of nitrogens with one attached hydrogen (secondary N) is 1. The molecule has 0 bridgehead atoms. The lowest BCUT2D eigenvalue weighted by molar-refractivity contribution is 0.0944. The van der Waals surface area contributed by atoms with Crippen LogP contribution in [0.25, 0.3) is 0 Å². The molecular weight excluding hydrogens is 445 g/mol. The van der Waals surface area contributed by atoms with Crippen LogP contribution in [0.5, 0.6) is 5.75 Å². The quantitative estimate of drug-likeness (QED) is 0.539. The third-order valence-electron chi connectivity index (χ3n) is 3.67. The highest BCUT2D eigenvalue weighted by molar-refractivity contribution is 9.10. The number of hydrazone groups is 1. The maximum absolute atomic E-state index is 14.0. The lowest BCUT2D eigenvalue weighted by Gasteiger charge is -2.27. The first-order valence-corrected chi connectivity index (χ1v) is 8.99. The highest BCUT2D eigenvalue weighted by Gasteiger charge is 2.20. The number of hydrogen-bond donors (Lipinski definition) is 2. The number of phenols is 1. The number of halogens is 3. The van der Waals surface area contributed by atoms with E-state index in [1.807, 2.05) is 0 Å². The van der Waals surface area contributed by atoms with Gasteiger partial charge in [0.15, 0.2) is 11.6 Å². The summed E-state index contributed by atoms with van der Waals surface area (Å²) in [6, 6.07) is 3.09. The van der Waals surface area contributed by atoms with Gasteiger partial charge in [0, 0.05) is 23.1 Å². The molecule has 2 aromatic rings. The van der Waals surface area contributed by atoms with E-state index in [1.165, 1.54) is 12.3 Å². The van der Waals surface area contributed by atoms with Crippen molar-refractivity contribution in [2.24, 2.45) is 5.10 Å². The average molecular weight is 459 g/mol. The Kier molecular flexibility index (Phi) is 6.19. The van der Waals surface area contributed by atoms with Crippen molar-refractivity contribution in [3.05, 3.63) is 45.0 Å². The normalized spacial score (nSPS) is 14.6. The van der Waals surface area contributed by atoms with Crippen molar-refractivity contribution in [3.8, 4) is 5.75 Å². The van der Waals surface area contributed by atoms with Gasteiger partial charge in [-0.2, -0.15) is 5.10 Å². The van der Waals surface area contributed by atoms with Gasteiger partial charge in [-0.25, -0.2) is 19.8 Å². The van der Waals surface area contributed by atoms with Crippen LogP contribution in [-0.2, 0) is 4.74 Å². The number of nitrogens with zero attached hydrogens (tertiary/aromatic N) is 4. The Morgan fingerprint density at radius 3 is 2.93 bits per heavy atom.